The molecule has 6 nitrogen and oxygen atoms in total. The number of carbonyl (C=O) groups is 1. The fourth-order valence-electron chi connectivity index (χ4n) is 1.75. The lowest BCUT2D eigenvalue weighted by molar-refractivity contribution is 0.0601. The van der Waals surface area contributed by atoms with Crippen molar-refractivity contribution in [2.45, 2.75) is 6.42 Å². The minimum absolute atomic E-state index is 0.396. The molecule has 0 aliphatic rings. The van der Waals surface area contributed by atoms with Crippen LogP contribution in [0.1, 0.15) is 16.2 Å². The number of aromatic nitrogens is 3. The number of nitrogens with one attached hydrogen (secondary N) is 1. The van der Waals surface area contributed by atoms with E-state index >= 15 is 0 Å². The first-order valence-electron chi connectivity index (χ1n) is 5.95. The van der Waals surface area contributed by atoms with Crippen LogP contribution in [-0.2, 0) is 18.2 Å². The van der Waals surface area contributed by atoms with Gasteiger partial charge in [0.2, 0.25) is 0 Å². The van der Waals surface area contributed by atoms with Crippen LogP contribution in [-0.4, -0.2) is 34.2 Å². The standard InChI is InChI=1S/C13H16N4O2/c1-17-9-8-14-11(17)5-7-16-12-10(13(18)19-2)4-3-6-15-12/h3-4,6,8-9H,5,7H2,1-2H3,(H,15,16). The van der Waals surface area contributed by atoms with Gasteiger partial charge in [0.15, 0.2) is 0 Å². The second-order valence-corrected chi connectivity index (χ2v) is 4.02. The van der Waals surface area contributed by atoms with Crippen LogP contribution in [0.2, 0.25) is 0 Å². The van der Waals surface area contributed by atoms with Crippen molar-refractivity contribution in [1.29, 1.82) is 0 Å². The second-order valence-electron chi connectivity index (χ2n) is 4.02. The van der Waals surface area contributed by atoms with Gasteiger partial charge in [-0.05, 0) is 12.1 Å². The molecule has 0 aliphatic heterocycles. The second kappa shape index (κ2) is 5.99. The first-order chi connectivity index (χ1) is 9.22. The van der Waals surface area contributed by atoms with Gasteiger partial charge in [-0.15, -0.1) is 0 Å². The van der Waals surface area contributed by atoms with Crippen molar-refractivity contribution in [2.24, 2.45) is 7.05 Å². The van der Waals surface area contributed by atoms with Crippen LogP contribution in [0.5, 0.6) is 0 Å². The lowest BCUT2D eigenvalue weighted by Crippen LogP contribution is -2.13. The van der Waals surface area contributed by atoms with Crippen molar-refractivity contribution in [2.75, 3.05) is 19.0 Å². The average molecular weight is 260 g/mol. The maximum atomic E-state index is 11.6. The largest absolute Gasteiger partial charge is 0.465 e. The van der Waals surface area contributed by atoms with Crippen molar-refractivity contribution >= 4 is 11.8 Å². The van der Waals surface area contributed by atoms with Crippen LogP contribution in [0.25, 0.3) is 0 Å². The molecule has 6 heteroatoms. The Kier molecular flexibility index (Phi) is 4.12. The molecule has 2 aromatic rings. The van der Waals surface area contributed by atoms with Gasteiger partial charge in [-0.3, -0.25) is 0 Å². The minimum Gasteiger partial charge on any atom is -0.465 e. The van der Waals surface area contributed by atoms with Gasteiger partial charge in [0.1, 0.15) is 17.2 Å². The number of ether oxygens (including phenoxy) is 1. The van der Waals surface area contributed by atoms with Gasteiger partial charge in [0.25, 0.3) is 0 Å². The van der Waals surface area contributed by atoms with Gasteiger partial charge in [0, 0.05) is 38.6 Å². The normalized spacial score (nSPS) is 10.2. The van der Waals surface area contributed by atoms with E-state index in [9.17, 15) is 4.79 Å². The Balaban J connectivity index is 2.00. The number of rotatable bonds is 5. The molecule has 2 rings (SSSR count). The smallest absolute Gasteiger partial charge is 0.341 e. The molecule has 0 atom stereocenters. The Morgan fingerprint density at radius 1 is 1.42 bits per heavy atom. The fraction of sp³-hybridized carbons (Fsp3) is 0.308. The van der Waals surface area contributed by atoms with Crippen molar-refractivity contribution in [1.82, 2.24) is 14.5 Å². The van der Waals surface area contributed by atoms with Gasteiger partial charge < -0.3 is 14.6 Å². The Morgan fingerprint density at radius 2 is 2.26 bits per heavy atom. The molecule has 0 radical (unpaired) electrons. The van der Waals surface area contributed by atoms with Gasteiger partial charge >= 0.3 is 5.97 Å². The first-order valence-corrected chi connectivity index (χ1v) is 5.95. The summed E-state index contributed by atoms with van der Waals surface area (Å²) in [5.74, 6) is 1.11. The molecule has 0 aliphatic carbocycles. The van der Waals surface area contributed by atoms with Gasteiger partial charge in [-0.2, -0.15) is 0 Å². The summed E-state index contributed by atoms with van der Waals surface area (Å²) >= 11 is 0. The highest BCUT2D eigenvalue weighted by atomic mass is 16.5. The van der Waals surface area contributed by atoms with Crippen LogP contribution in [0.15, 0.2) is 30.7 Å². The van der Waals surface area contributed by atoms with Gasteiger partial charge in [-0.25, -0.2) is 14.8 Å². The molecule has 0 amide bonds. The first kappa shape index (κ1) is 13.1. The summed E-state index contributed by atoms with van der Waals surface area (Å²) in [4.78, 5) is 19.9. The quantitative estimate of drug-likeness (QED) is 0.819. The third-order valence-electron chi connectivity index (χ3n) is 2.78. The lowest BCUT2D eigenvalue weighted by Gasteiger charge is -2.09. The van der Waals surface area contributed by atoms with Crippen molar-refractivity contribution < 1.29 is 9.53 Å². The van der Waals surface area contributed by atoms with E-state index in [1.54, 1.807) is 24.5 Å². The van der Waals surface area contributed by atoms with Gasteiger partial charge in [-0.1, -0.05) is 0 Å². The maximum absolute atomic E-state index is 11.6. The summed E-state index contributed by atoms with van der Waals surface area (Å²) < 4.78 is 6.67. The van der Waals surface area contributed by atoms with E-state index < -0.39 is 5.97 Å². The molecule has 0 bridgehead atoms. The average Bonchev–Trinajstić information content (AvgIpc) is 2.84. The number of methoxy groups -OCH3 is 1. The van der Waals surface area contributed by atoms with E-state index in [1.165, 1.54) is 7.11 Å². The SMILES string of the molecule is COC(=O)c1cccnc1NCCc1nccn1C. The molecule has 0 saturated carbocycles. The Bertz CT molecular complexity index is 565. The number of nitrogens with zero attached hydrogens (tertiary/aromatic N) is 3. The molecule has 0 spiro atoms. The number of esters is 1. The Labute approximate surface area is 111 Å². The van der Waals surface area contributed by atoms with Crippen molar-refractivity contribution in [3.63, 3.8) is 0 Å². The molecular weight excluding hydrogens is 244 g/mol. The van der Waals surface area contributed by atoms with E-state index in [0.717, 1.165) is 12.2 Å². The number of pyridine rings is 1. The van der Waals surface area contributed by atoms with E-state index in [4.69, 9.17) is 4.74 Å². The van der Waals surface area contributed by atoms with E-state index in [1.807, 2.05) is 17.8 Å². The molecule has 1 N–H and O–H groups in total. The third-order valence-corrected chi connectivity index (χ3v) is 2.78. The predicted octanol–water partition coefficient (Wildman–Crippen LogP) is 1.26. The summed E-state index contributed by atoms with van der Waals surface area (Å²) in [5.41, 5.74) is 0.435. The number of carbonyl (C=O) groups excluding carboxylic acids is 1. The minimum atomic E-state index is -0.396. The number of aryl methyl sites for hydroxylation is 1. The maximum Gasteiger partial charge on any atom is 0.341 e. The van der Waals surface area contributed by atoms with Crippen LogP contribution >= 0.6 is 0 Å². The van der Waals surface area contributed by atoms with Crippen LogP contribution in [0.3, 0.4) is 0 Å². The zero-order valence-electron chi connectivity index (χ0n) is 11.0. The zero-order chi connectivity index (χ0) is 13.7. The molecular formula is C13H16N4O2. The fourth-order valence-corrected chi connectivity index (χ4v) is 1.75. The lowest BCUT2D eigenvalue weighted by atomic mass is 10.2. The number of hydrogen-bond donors (Lipinski definition) is 1. The summed E-state index contributed by atoms with van der Waals surface area (Å²) in [6.45, 7) is 0.645. The molecule has 0 fully saturated rings. The molecule has 19 heavy (non-hydrogen) atoms. The van der Waals surface area contributed by atoms with E-state index in [-0.39, 0.29) is 0 Å². The van der Waals surface area contributed by atoms with Crippen molar-refractivity contribution in [3.8, 4) is 0 Å². The highest BCUT2D eigenvalue weighted by Crippen LogP contribution is 2.12. The van der Waals surface area contributed by atoms with Crippen LogP contribution < -0.4 is 5.32 Å². The van der Waals surface area contributed by atoms with Crippen LogP contribution in [0, 0.1) is 0 Å². The molecule has 100 valence electrons. The zero-order valence-corrected chi connectivity index (χ0v) is 11.0. The summed E-state index contributed by atoms with van der Waals surface area (Å²) in [6, 6.07) is 3.39. The highest BCUT2D eigenvalue weighted by molar-refractivity contribution is 5.94. The highest BCUT2D eigenvalue weighted by Gasteiger charge is 2.11. The van der Waals surface area contributed by atoms with Gasteiger partial charge in [0.05, 0.1) is 7.11 Å². The molecule has 2 heterocycles. The van der Waals surface area contributed by atoms with E-state index in [0.29, 0.717) is 17.9 Å². The predicted molar refractivity (Wildman–Crippen MR) is 71.0 cm³/mol. The monoisotopic (exact) mass is 260 g/mol. The number of hydrogen-bond acceptors (Lipinski definition) is 5. The number of anilines is 1. The third kappa shape index (κ3) is 3.09. The summed E-state index contributed by atoms with van der Waals surface area (Å²) in [6.07, 6.45) is 6.04. The van der Waals surface area contributed by atoms with E-state index in [2.05, 4.69) is 15.3 Å². The molecule has 0 saturated heterocycles. The molecule has 0 unspecified atom stereocenters. The number of imidazole rings is 1. The Hall–Kier alpha value is -2.37. The van der Waals surface area contributed by atoms with Crippen molar-refractivity contribution in [3.05, 3.63) is 42.1 Å². The summed E-state index contributed by atoms with van der Waals surface area (Å²) in [5, 5.41) is 3.13. The summed E-state index contributed by atoms with van der Waals surface area (Å²) in [7, 11) is 3.30. The van der Waals surface area contributed by atoms with Crippen LogP contribution in [0.4, 0.5) is 5.82 Å². The molecule has 0 aromatic carbocycles. The topological polar surface area (TPSA) is 69.0 Å². The Morgan fingerprint density at radius 3 is 2.95 bits per heavy atom. The molecule has 2 aromatic heterocycles.